The fraction of sp³-hybridized carbons (Fsp3) is 0.481. The van der Waals surface area contributed by atoms with Crippen molar-refractivity contribution in [3.63, 3.8) is 0 Å². The molecule has 4 aromatic heterocycles. The van der Waals surface area contributed by atoms with E-state index in [1.807, 2.05) is 80.2 Å². The molecule has 0 saturated carbocycles. The Bertz CT molecular complexity index is 2640. The van der Waals surface area contributed by atoms with Crippen molar-refractivity contribution in [2.24, 2.45) is 5.41 Å². The summed E-state index contributed by atoms with van der Waals surface area (Å²) >= 11 is 1.58. The first-order chi connectivity index (χ1) is 34.4. The van der Waals surface area contributed by atoms with Gasteiger partial charge in [0, 0.05) is 88.9 Å². The third-order valence-corrected chi connectivity index (χ3v) is 14.0. The number of hydrogen-bond donors (Lipinski definition) is 3. The second-order valence-electron chi connectivity index (χ2n) is 19.1. The molecule has 378 valence electrons. The molecule has 3 atom stereocenters. The van der Waals surface area contributed by atoms with Gasteiger partial charge in [0.1, 0.15) is 30.0 Å². The van der Waals surface area contributed by atoms with E-state index in [0.717, 1.165) is 95.6 Å². The number of benzene rings is 2. The number of carbonyl (C=O) groups excluding carboxylic acids is 3. The molecule has 6 aromatic rings. The van der Waals surface area contributed by atoms with Crippen LogP contribution >= 0.6 is 11.3 Å². The molecule has 2 fully saturated rings. The molecule has 2 aliphatic heterocycles. The van der Waals surface area contributed by atoms with E-state index >= 15 is 0 Å². The number of rotatable bonds is 23. The van der Waals surface area contributed by atoms with Crippen LogP contribution in [0.2, 0.25) is 0 Å². The lowest BCUT2D eigenvalue weighted by Crippen LogP contribution is -2.57. The number of aromatic nitrogens is 5. The molecule has 0 bridgehead atoms. The number of aliphatic hydroxyl groups is 1. The number of carbonyl (C=O) groups is 3. The van der Waals surface area contributed by atoms with Crippen molar-refractivity contribution >= 4 is 40.4 Å². The minimum absolute atomic E-state index is 0.00579. The van der Waals surface area contributed by atoms with Gasteiger partial charge in [-0.25, -0.2) is 9.97 Å². The van der Waals surface area contributed by atoms with Gasteiger partial charge >= 0.3 is 0 Å². The number of fused-ring (bicyclic) bond motifs is 1. The molecule has 0 unspecified atom stereocenters. The molecule has 19 heteroatoms. The zero-order chi connectivity index (χ0) is 49.7. The summed E-state index contributed by atoms with van der Waals surface area (Å²) < 4.78 is 24.7. The second-order valence-corrected chi connectivity index (χ2v) is 20.0. The SMILES string of the molecule is Cc1ncsc1-c1ccc(CNC(=O)[C@@H]2C[C@@H](O)CN2C(=O)[C@@H](NC(=O)CCOCCOCCOCCN2CCN(c3ccc(-c4cnc(CCc5ccco5)n5cnnc45)cc3)CC2)C(C)(C)C)cc1. The number of likely N-dealkylation sites (tertiary alicyclic amines) is 1. The number of piperazine rings is 1. The first-order valence-corrected chi connectivity index (χ1v) is 25.3. The van der Waals surface area contributed by atoms with E-state index in [4.69, 9.17) is 23.6 Å². The normalized spacial score (nSPS) is 17.0. The summed E-state index contributed by atoms with van der Waals surface area (Å²) in [5.74, 6) is 0.707. The molecule has 0 aliphatic carbocycles. The van der Waals surface area contributed by atoms with Crippen LogP contribution in [0.15, 0.2) is 89.4 Å². The van der Waals surface area contributed by atoms with E-state index in [9.17, 15) is 19.5 Å². The van der Waals surface area contributed by atoms with Gasteiger partial charge in [-0.2, -0.15) is 0 Å². The number of β-amino-alcohol motifs (C(OH)–C–C–N with tert-alkyl or cyclic N) is 1. The van der Waals surface area contributed by atoms with Gasteiger partial charge < -0.3 is 44.2 Å². The van der Waals surface area contributed by atoms with Gasteiger partial charge in [0.15, 0.2) is 5.65 Å². The van der Waals surface area contributed by atoms with Crippen molar-refractivity contribution in [2.75, 3.05) is 83.8 Å². The van der Waals surface area contributed by atoms with Gasteiger partial charge in [0.2, 0.25) is 17.7 Å². The molecule has 2 saturated heterocycles. The molecular formula is C52H66N10O8S. The van der Waals surface area contributed by atoms with E-state index < -0.39 is 29.5 Å². The summed E-state index contributed by atoms with van der Waals surface area (Å²) in [7, 11) is 0. The molecule has 8 rings (SSSR count). The van der Waals surface area contributed by atoms with Crippen molar-refractivity contribution in [1.82, 2.24) is 45.0 Å². The average molecular weight is 991 g/mol. The molecular weight excluding hydrogens is 925 g/mol. The van der Waals surface area contributed by atoms with Gasteiger partial charge in [-0.1, -0.05) is 57.2 Å². The Hall–Kier alpha value is -6.09. The Morgan fingerprint density at radius 2 is 1.61 bits per heavy atom. The van der Waals surface area contributed by atoms with Gasteiger partial charge in [-0.3, -0.25) is 23.7 Å². The Morgan fingerprint density at radius 1 is 0.887 bits per heavy atom. The van der Waals surface area contributed by atoms with Crippen LogP contribution in [0.3, 0.4) is 0 Å². The van der Waals surface area contributed by atoms with Crippen LogP contribution in [-0.4, -0.2) is 154 Å². The summed E-state index contributed by atoms with van der Waals surface area (Å²) in [4.78, 5) is 56.9. The number of anilines is 1. The first-order valence-electron chi connectivity index (χ1n) is 24.5. The number of ether oxygens (including phenoxy) is 3. The predicted octanol–water partition coefficient (Wildman–Crippen LogP) is 4.97. The topological polar surface area (TPSA) is 202 Å². The third kappa shape index (κ3) is 13.7. The van der Waals surface area contributed by atoms with E-state index in [1.165, 1.54) is 10.6 Å². The van der Waals surface area contributed by atoms with Crippen molar-refractivity contribution in [3.05, 3.63) is 108 Å². The van der Waals surface area contributed by atoms with Crippen molar-refractivity contribution in [2.45, 2.75) is 78.1 Å². The number of nitrogens with zero attached hydrogens (tertiary/aromatic N) is 8. The molecule has 0 radical (unpaired) electrons. The molecule has 0 spiro atoms. The highest BCUT2D eigenvalue weighted by atomic mass is 32.1. The van der Waals surface area contributed by atoms with E-state index in [2.05, 4.69) is 59.9 Å². The Morgan fingerprint density at radius 3 is 2.30 bits per heavy atom. The van der Waals surface area contributed by atoms with Crippen molar-refractivity contribution in [1.29, 1.82) is 0 Å². The standard InChI is InChI=1S/C52H66N10O8S/c1-36-47(71-35-55-36)39-9-7-37(8-10-39)31-54-50(65)44-30-41(63)33-61(44)51(66)48(52(2,3)4)57-46(64)17-24-67-26-28-69-29-27-68-25-22-59-18-20-60(21-19-59)40-13-11-38(12-14-40)43-32-53-45(62-34-56-58-49(43)62)16-15-42-6-5-23-70-42/h5-14,23,32,34-35,41,44,48,63H,15-22,24-31,33H2,1-4H3,(H,54,65)(H,57,64)/t41-,44+,48-/m1/s1. The minimum atomic E-state index is -0.915. The third-order valence-electron chi connectivity index (χ3n) is 13.0. The maximum Gasteiger partial charge on any atom is 0.246 e. The number of aliphatic hydroxyl groups excluding tert-OH is 1. The molecule has 3 N–H and O–H groups in total. The van der Waals surface area contributed by atoms with Gasteiger partial charge in [-0.15, -0.1) is 21.5 Å². The largest absolute Gasteiger partial charge is 0.469 e. The van der Waals surface area contributed by atoms with Crippen LogP contribution < -0.4 is 15.5 Å². The molecule has 2 aromatic carbocycles. The number of nitrogens with one attached hydrogen (secondary N) is 2. The highest BCUT2D eigenvalue weighted by Crippen LogP contribution is 2.30. The van der Waals surface area contributed by atoms with Gasteiger partial charge in [0.25, 0.3) is 0 Å². The quantitative estimate of drug-likeness (QED) is 0.0727. The molecule has 18 nitrogen and oxygen atoms in total. The number of thiazole rings is 1. The zero-order valence-corrected chi connectivity index (χ0v) is 41.9. The Kier molecular flexibility index (Phi) is 17.6. The number of amides is 3. The van der Waals surface area contributed by atoms with E-state index in [1.54, 1.807) is 23.9 Å². The van der Waals surface area contributed by atoms with Crippen LogP contribution in [0.1, 0.15) is 56.5 Å². The average Bonchev–Trinajstić information content (AvgIpc) is 4.23. The van der Waals surface area contributed by atoms with Crippen molar-refractivity contribution < 1.29 is 38.1 Å². The van der Waals surface area contributed by atoms with E-state index in [-0.39, 0.29) is 44.4 Å². The second kappa shape index (κ2) is 24.4. The maximum atomic E-state index is 14.0. The van der Waals surface area contributed by atoms with Crippen LogP contribution in [0.25, 0.3) is 27.2 Å². The number of aryl methyl sites for hydroxylation is 3. The number of hydrogen-bond acceptors (Lipinski definition) is 15. The summed E-state index contributed by atoms with van der Waals surface area (Å²) in [6.07, 6.45) is 6.08. The molecule has 3 amide bonds. The highest BCUT2D eigenvalue weighted by molar-refractivity contribution is 7.13. The van der Waals surface area contributed by atoms with Crippen molar-refractivity contribution in [3.8, 4) is 21.6 Å². The lowest BCUT2D eigenvalue weighted by atomic mass is 9.85. The zero-order valence-electron chi connectivity index (χ0n) is 41.1. The fourth-order valence-corrected chi connectivity index (χ4v) is 9.75. The minimum Gasteiger partial charge on any atom is -0.469 e. The fourth-order valence-electron chi connectivity index (χ4n) is 8.94. The highest BCUT2D eigenvalue weighted by Gasteiger charge is 2.44. The summed E-state index contributed by atoms with van der Waals surface area (Å²) in [6.45, 7) is 14.8. The Balaban J connectivity index is 0.668. The monoisotopic (exact) mass is 990 g/mol. The van der Waals surface area contributed by atoms with E-state index in [0.29, 0.717) is 33.0 Å². The summed E-state index contributed by atoms with van der Waals surface area (Å²) in [5, 5.41) is 25.0. The van der Waals surface area contributed by atoms with Gasteiger partial charge in [-0.05, 0) is 53.3 Å². The van der Waals surface area contributed by atoms with Crippen LogP contribution in [0.4, 0.5) is 5.69 Å². The maximum absolute atomic E-state index is 14.0. The molecule has 6 heterocycles. The van der Waals surface area contributed by atoms with Crippen LogP contribution in [-0.2, 0) is 48.0 Å². The molecule has 71 heavy (non-hydrogen) atoms. The van der Waals surface area contributed by atoms with Crippen LogP contribution in [0, 0.1) is 12.3 Å². The predicted molar refractivity (Wildman–Crippen MR) is 270 cm³/mol. The van der Waals surface area contributed by atoms with Crippen LogP contribution in [0.5, 0.6) is 0 Å². The molecule has 2 aliphatic rings. The Labute approximate surface area is 418 Å². The summed E-state index contributed by atoms with van der Waals surface area (Å²) in [5.41, 5.74) is 8.05. The number of furan rings is 1. The lowest BCUT2D eigenvalue weighted by molar-refractivity contribution is -0.144. The first kappa shape index (κ1) is 51.3. The lowest BCUT2D eigenvalue weighted by Gasteiger charge is -2.36. The summed E-state index contributed by atoms with van der Waals surface area (Å²) in [6, 6.07) is 18.6. The van der Waals surface area contributed by atoms with Gasteiger partial charge in [0.05, 0.1) is 68.1 Å². The smallest absolute Gasteiger partial charge is 0.246 e.